The zero-order valence-electron chi connectivity index (χ0n) is 10.7. The molecule has 0 aliphatic heterocycles. The van der Waals surface area contributed by atoms with E-state index < -0.39 is 5.97 Å². The third-order valence-electron chi connectivity index (χ3n) is 1.99. The van der Waals surface area contributed by atoms with E-state index in [1.807, 2.05) is 0 Å². The summed E-state index contributed by atoms with van der Waals surface area (Å²) in [6.07, 6.45) is 1.36. The van der Waals surface area contributed by atoms with E-state index in [0.717, 1.165) is 0 Å². The number of hydrogen-bond acceptors (Lipinski definition) is 8. The summed E-state index contributed by atoms with van der Waals surface area (Å²) in [5.41, 5.74) is 5.84. The Bertz CT molecular complexity index is 417. The fourth-order valence-electron chi connectivity index (χ4n) is 1.17. The number of hydrogen-bond donors (Lipinski definition) is 2. The van der Waals surface area contributed by atoms with Gasteiger partial charge in [-0.1, -0.05) is 11.8 Å². The molecule has 1 aromatic rings. The lowest BCUT2D eigenvalue weighted by Crippen LogP contribution is -2.11. The minimum Gasteiger partial charge on any atom is -0.462 e. The lowest BCUT2D eigenvalue weighted by atomic mass is 10.3. The number of aromatic nitrogens is 2. The van der Waals surface area contributed by atoms with Crippen molar-refractivity contribution < 1.29 is 19.4 Å². The number of nitrogen functional groups attached to an aromatic ring is 1. The van der Waals surface area contributed by atoms with Gasteiger partial charge in [0, 0.05) is 11.9 Å². The quantitative estimate of drug-likeness (QED) is 0.305. The van der Waals surface area contributed by atoms with Crippen molar-refractivity contribution in [2.45, 2.75) is 12.1 Å². The van der Waals surface area contributed by atoms with E-state index in [0.29, 0.717) is 24.1 Å². The number of nitrogens with two attached hydrogens (primary N) is 1. The van der Waals surface area contributed by atoms with E-state index in [2.05, 4.69) is 9.97 Å². The molecule has 0 bridgehead atoms. The molecule has 0 aliphatic carbocycles. The minimum atomic E-state index is -0.525. The van der Waals surface area contributed by atoms with Crippen molar-refractivity contribution in [3.63, 3.8) is 0 Å². The van der Waals surface area contributed by atoms with Gasteiger partial charge in [0.1, 0.15) is 11.4 Å². The van der Waals surface area contributed by atoms with Crippen molar-refractivity contribution in [1.82, 2.24) is 9.97 Å². The summed E-state index contributed by atoms with van der Waals surface area (Å²) in [5, 5.41) is 9.00. The van der Waals surface area contributed by atoms with E-state index in [1.54, 1.807) is 6.92 Å². The summed E-state index contributed by atoms with van der Waals surface area (Å²) in [5.74, 6) is 0.216. The van der Waals surface area contributed by atoms with E-state index in [9.17, 15) is 4.79 Å². The molecular weight excluding hydrogens is 270 g/mol. The predicted molar refractivity (Wildman–Crippen MR) is 71.0 cm³/mol. The molecule has 0 saturated carbocycles. The normalized spacial score (nSPS) is 10.4. The predicted octanol–water partition coefficient (Wildman–Crippen LogP) is 0.337. The number of carbonyl (C=O) groups is 1. The Kier molecular flexibility index (Phi) is 7.16. The van der Waals surface area contributed by atoms with Crippen LogP contribution in [-0.4, -0.2) is 53.2 Å². The maximum absolute atomic E-state index is 11.5. The molecule has 19 heavy (non-hydrogen) atoms. The first kappa shape index (κ1) is 15.7. The Morgan fingerprint density at radius 3 is 2.95 bits per heavy atom. The van der Waals surface area contributed by atoms with Gasteiger partial charge in [0.15, 0.2) is 5.16 Å². The Morgan fingerprint density at radius 1 is 1.53 bits per heavy atom. The topological polar surface area (TPSA) is 108 Å². The first-order valence-electron chi connectivity index (χ1n) is 5.80. The number of aliphatic hydroxyl groups is 1. The highest BCUT2D eigenvalue weighted by atomic mass is 32.2. The van der Waals surface area contributed by atoms with Crippen LogP contribution in [0.15, 0.2) is 11.4 Å². The molecule has 7 nitrogen and oxygen atoms in total. The van der Waals surface area contributed by atoms with Gasteiger partial charge in [0.05, 0.1) is 26.4 Å². The van der Waals surface area contributed by atoms with Crippen molar-refractivity contribution in [3.05, 3.63) is 11.8 Å². The van der Waals surface area contributed by atoms with Crippen LogP contribution in [0.4, 0.5) is 5.82 Å². The van der Waals surface area contributed by atoms with Gasteiger partial charge in [-0.15, -0.1) is 0 Å². The number of anilines is 1. The molecule has 1 rings (SSSR count). The molecule has 0 amide bonds. The maximum Gasteiger partial charge on any atom is 0.343 e. The molecular formula is C11H17N3O4S. The van der Waals surface area contributed by atoms with Crippen LogP contribution in [0, 0.1) is 0 Å². The van der Waals surface area contributed by atoms with Crippen LogP contribution in [0.5, 0.6) is 0 Å². The summed E-state index contributed by atoms with van der Waals surface area (Å²) >= 11 is 1.36. The van der Waals surface area contributed by atoms with Crippen LogP contribution in [0.1, 0.15) is 17.3 Å². The van der Waals surface area contributed by atoms with E-state index in [1.165, 1.54) is 18.0 Å². The Morgan fingerprint density at radius 2 is 2.32 bits per heavy atom. The Hall–Kier alpha value is -1.38. The number of carbonyl (C=O) groups excluding carboxylic acids is 1. The lowest BCUT2D eigenvalue weighted by Gasteiger charge is -2.06. The van der Waals surface area contributed by atoms with Gasteiger partial charge >= 0.3 is 5.97 Å². The Labute approximate surface area is 115 Å². The van der Waals surface area contributed by atoms with Crippen LogP contribution in [-0.2, 0) is 9.47 Å². The molecule has 0 atom stereocenters. The van der Waals surface area contributed by atoms with Gasteiger partial charge in [0.25, 0.3) is 0 Å². The van der Waals surface area contributed by atoms with Crippen molar-refractivity contribution in [2.24, 2.45) is 0 Å². The molecule has 0 aromatic carbocycles. The zero-order valence-corrected chi connectivity index (χ0v) is 11.5. The second kappa shape index (κ2) is 8.68. The summed E-state index contributed by atoms with van der Waals surface area (Å²) in [6, 6.07) is 0. The second-order valence-electron chi connectivity index (χ2n) is 3.36. The van der Waals surface area contributed by atoms with Crippen LogP contribution >= 0.6 is 11.8 Å². The van der Waals surface area contributed by atoms with Gasteiger partial charge in [-0.2, -0.15) is 0 Å². The number of ether oxygens (including phenoxy) is 2. The van der Waals surface area contributed by atoms with E-state index >= 15 is 0 Å². The highest BCUT2D eigenvalue weighted by Crippen LogP contribution is 2.16. The molecule has 8 heteroatoms. The van der Waals surface area contributed by atoms with Gasteiger partial charge in [0.2, 0.25) is 0 Å². The fraction of sp³-hybridized carbons (Fsp3) is 0.545. The molecule has 0 unspecified atom stereocenters. The summed E-state index contributed by atoms with van der Waals surface area (Å²) in [7, 11) is 0. The SMILES string of the molecule is CCOC(=O)c1cnc(SCCOCCO)nc1N. The number of esters is 1. The van der Waals surface area contributed by atoms with Crippen LogP contribution in [0.3, 0.4) is 0 Å². The molecule has 0 fully saturated rings. The summed E-state index contributed by atoms with van der Waals surface area (Å²) in [4.78, 5) is 19.5. The molecule has 1 heterocycles. The van der Waals surface area contributed by atoms with E-state index in [4.69, 9.17) is 20.3 Å². The second-order valence-corrected chi connectivity index (χ2v) is 4.42. The molecule has 0 radical (unpaired) electrons. The molecule has 0 spiro atoms. The third kappa shape index (κ3) is 5.41. The Balaban J connectivity index is 2.49. The van der Waals surface area contributed by atoms with Crippen molar-refractivity contribution in [2.75, 3.05) is 37.9 Å². The van der Waals surface area contributed by atoms with Gasteiger partial charge < -0.3 is 20.3 Å². The number of thioether (sulfide) groups is 1. The minimum absolute atomic E-state index is 0.00233. The first-order valence-corrected chi connectivity index (χ1v) is 6.78. The maximum atomic E-state index is 11.5. The number of aliphatic hydroxyl groups excluding tert-OH is 1. The third-order valence-corrected chi connectivity index (χ3v) is 2.81. The van der Waals surface area contributed by atoms with Crippen molar-refractivity contribution in [1.29, 1.82) is 0 Å². The zero-order chi connectivity index (χ0) is 14.1. The average molecular weight is 287 g/mol. The highest BCUT2D eigenvalue weighted by Gasteiger charge is 2.13. The lowest BCUT2D eigenvalue weighted by molar-refractivity contribution is 0.0526. The number of nitrogens with zero attached hydrogens (tertiary/aromatic N) is 2. The van der Waals surface area contributed by atoms with E-state index in [-0.39, 0.29) is 24.6 Å². The highest BCUT2D eigenvalue weighted by molar-refractivity contribution is 7.99. The molecule has 0 saturated heterocycles. The summed E-state index contributed by atoms with van der Waals surface area (Å²) in [6.45, 7) is 2.78. The smallest absolute Gasteiger partial charge is 0.343 e. The van der Waals surface area contributed by atoms with Crippen molar-refractivity contribution in [3.8, 4) is 0 Å². The molecule has 1 aromatic heterocycles. The molecule has 3 N–H and O–H groups in total. The summed E-state index contributed by atoms with van der Waals surface area (Å²) < 4.78 is 9.92. The standard InChI is InChI=1S/C11H17N3O4S/c1-2-18-10(16)8-7-13-11(14-9(8)12)19-6-5-17-4-3-15/h7,15H,2-6H2,1H3,(H2,12,13,14). The first-order chi connectivity index (χ1) is 9.19. The van der Waals surface area contributed by atoms with Crippen LogP contribution in [0.2, 0.25) is 0 Å². The largest absolute Gasteiger partial charge is 0.462 e. The van der Waals surface area contributed by atoms with Gasteiger partial charge in [-0.3, -0.25) is 0 Å². The van der Waals surface area contributed by atoms with Crippen LogP contribution in [0.25, 0.3) is 0 Å². The number of rotatable bonds is 8. The fourth-order valence-corrected chi connectivity index (χ4v) is 1.85. The molecule has 106 valence electrons. The van der Waals surface area contributed by atoms with Crippen LogP contribution < -0.4 is 5.73 Å². The van der Waals surface area contributed by atoms with Crippen molar-refractivity contribution >= 4 is 23.5 Å². The average Bonchev–Trinajstić information content (AvgIpc) is 2.39. The molecule has 0 aliphatic rings. The van der Waals surface area contributed by atoms with Gasteiger partial charge in [-0.05, 0) is 6.92 Å². The van der Waals surface area contributed by atoms with Gasteiger partial charge in [-0.25, -0.2) is 14.8 Å². The monoisotopic (exact) mass is 287 g/mol.